The zero-order valence-corrected chi connectivity index (χ0v) is 17.4. The van der Waals surface area contributed by atoms with Crippen molar-refractivity contribution in [2.75, 3.05) is 19.4 Å². The molecule has 0 spiro atoms. The summed E-state index contributed by atoms with van der Waals surface area (Å²) in [5, 5.41) is 4.05. The highest BCUT2D eigenvalue weighted by Gasteiger charge is 2.26. The monoisotopic (exact) mass is 407 g/mol. The molecule has 0 saturated carbocycles. The fourth-order valence-electron chi connectivity index (χ4n) is 3.87. The number of ether oxygens (including phenoxy) is 1. The van der Waals surface area contributed by atoms with Crippen LogP contribution in [0, 0.1) is 5.92 Å². The highest BCUT2D eigenvalue weighted by atomic mass is 32.2. The molecule has 0 aromatic carbocycles. The van der Waals surface area contributed by atoms with Gasteiger partial charge in [0.2, 0.25) is 5.91 Å². The first-order valence-electron chi connectivity index (χ1n) is 9.57. The number of aryl methyl sites for hydroxylation is 1. The van der Waals surface area contributed by atoms with Crippen molar-refractivity contribution >= 4 is 39.2 Å². The van der Waals surface area contributed by atoms with Crippen molar-refractivity contribution in [3.8, 4) is 0 Å². The quantitative estimate of drug-likeness (QED) is 0.609. The van der Waals surface area contributed by atoms with Crippen LogP contribution in [0.4, 0.5) is 0 Å². The van der Waals surface area contributed by atoms with E-state index >= 15 is 0 Å². The van der Waals surface area contributed by atoms with E-state index in [2.05, 4.69) is 12.2 Å². The molecule has 2 aromatic rings. The summed E-state index contributed by atoms with van der Waals surface area (Å²) in [6.45, 7) is 3.53. The normalized spacial score (nSPS) is 22.1. The minimum atomic E-state index is -0.0719. The summed E-state index contributed by atoms with van der Waals surface area (Å²) in [5.41, 5.74) is 1.23. The summed E-state index contributed by atoms with van der Waals surface area (Å²) in [7, 11) is 1.62. The van der Waals surface area contributed by atoms with Crippen molar-refractivity contribution in [3.63, 3.8) is 0 Å². The number of aromatic nitrogens is 2. The van der Waals surface area contributed by atoms with Gasteiger partial charge >= 0.3 is 0 Å². The molecule has 2 aliphatic rings. The van der Waals surface area contributed by atoms with Crippen molar-refractivity contribution in [2.45, 2.75) is 56.8 Å². The van der Waals surface area contributed by atoms with Crippen LogP contribution in [-0.2, 0) is 28.9 Å². The van der Waals surface area contributed by atoms with Gasteiger partial charge in [-0.2, -0.15) is 0 Å². The number of carbonyl (C=O) groups is 1. The molecule has 4 rings (SSSR count). The van der Waals surface area contributed by atoms with Gasteiger partial charge < -0.3 is 10.1 Å². The van der Waals surface area contributed by atoms with Crippen molar-refractivity contribution in [3.05, 3.63) is 20.8 Å². The average Bonchev–Trinajstić information content (AvgIpc) is 3.29. The number of fused-ring (bicyclic) bond motifs is 3. The smallest absolute Gasteiger partial charge is 0.263 e. The Morgan fingerprint density at radius 3 is 3.04 bits per heavy atom. The molecule has 146 valence electrons. The fourth-order valence-corrected chi connectivity index (χ4v) is 6.17. The lowest BCUT2D eigenvalue weighted by Gasteiger charge is -2.18. The number of amides is 1. The van der Waals surface area contributed by atoms with Gasteiger partial charge in [0.1, 0.15) is 4.83 Å². The van der Waals surface area contributed by atoms with E-state index in [0.29, 0.717) is 17.6 Å². The van der Waals surface area contributed by atoms with Crippen molar-refractivity contribution in [2.24, 2.45) is 5.92 Å². The zero-order valence-electron chi connectivity index (χ0n) is 15.7. The number of rotatable bonds is 5. The molecule has 6 nitrogen and oxygen atoms in total. The predicted molar refractivity (Wildman–Crippen MR) is 109 cm³/mol. The van der Waals surface area contributed by atoms with Gasteiger partial charge in [-0.25, -0.2) is 4.98 Å². The molecule has 1 saturated heterocycles. The first kappa shape index (κ1) is 19.0. The molecule has 3 heterocycles. The molecule has 0 unspecified atom stereocenters. The summed E-state index contributed by atoms with van der Waals surface area (Å²) in [5.74, 6) is 0.835. The summed E-state index contributed by atoms with van der Waals surface area (Å²) in [4.78, 5) is 32.1. The third-order valence-electron chi connectivity index (χ3n) is 5.40. The molecular weight excluding hydrogens is 382 g/mol. The first-order chi connectivity index (χ1) is 13.1. The molecular formula is C19H25N3O3S2. The van der Waals surface area contributed by atoms with E-state index in [1.807, 2.05) is 0 Å². The lowest BCUT2D eigenvalue weighted by molar-refractivity contribution is -0.118. The molecule has 1 N–H and O–H groups in total. The van der Waals surface area contributed by atoms with Crippen molar-refractivity contribution in [1.82, 2.24) is 14.9 Å². The van der Waals surface area contributed by atoms with Crippen LogP contribution in [-0.4, -0.2) is 41.0 Å². The molecule has 1 aliphatic carbocycles. The van der Waals surface area contributed by atoms with Gasteiger partial charge in [-0.1, -0.05) is 18.7 Å². The SMILES string of the molecule is CNC(=O)CSc1nc2sc3c(c2c(=O)n1C[C@H]1CCCO1)CC[C@@H](C)C3. The molecule has 0 bridgehead atoms. The third-order valence-corrected chi connectivity index (χ3v) is 7.53. The van der Waals surface area contributed by atoms with Gasteiger partial charge in [0.05, 0.1) is 23.8 Å². The maximum Gasteiger partial charge on any atom is 0.263 e. The molecule has 8 heteroatoms. The summed E-state index contributed by atoms with van der Waals surface area (Å²) < 4.78 is 7.51. The lowest BCUT2D eigenvalue weighted by Crippen LogP contribution is -2.29. The van der Waals surface area contributed by atoms with Gasteiger partial charge in [0.15, 0.2) is 5.16 Å². The topological polar surface area (TPSA) is 73.2 Å². The standard InChI is InChI=1S/C19H25N3O3S2/c1-11-5-6-13-14(8-11)27-17-16(13)18(24)22(9-12-4-3-7-25-12)19(21-17)26-10-15(23)20-2/h11-12H,3-10H2,1-2H3,(H,20,23)/t11-,12-/m1/s1. The van der Waals surface area contributed by atoms with Crippen molar-refractivity contribution < 1.29 is 9.53 Å². The molecule has 2 atom stereocenters. The Morgan fingerprint density at radius 1 is 1.44 bits per heavy atom. The largest absolute Gasteiger partial charge is 0.376 e. The highest BCUT2D eigenvalue weighted by Crippen LogP contribution is 2.36. The second-order valence-corrected chi connectivity index (χ2v) is 9.47. The molecule has 2 aromatic heterocycles. The minimum absolute atomic E-state index is 0.0296. The van der Waals surface area contributed by atoms with E-state index in [1.165, 1.54) is 22.2 Å². The Balaban J connectivity index is 1.78. The lowest BCUT2D eigenvalue weighted by atomic mass is 9.89. The third kappa shape index (κ3) is 3.79. The van der Waals surface area contributed by atoms with E-state index in [9.17, 15) is 9.59 Å². The predicted octanol–water partition coefficient (Wildman–Crippen LogP) is 2.60. The first-order valence-corrected chi connectivity index (χ1v) is 11.4. The Morgan fingerprint density at radius 2 is 2.30 bits per heavy atom. The number of carbonyl (C=O) groups excluding carboxylic acids is 1. The number of hydrogen-bond donors (Lipinski definition) is 1. The Hall–Kier alpha value is -1.38. The zero-order chi connectivity index (χ0) is 19.0. The second-order valence-electron chi connectivity index (χ2n) is 7.44. The maximum absolute atomic E-state index is 13.4. The molecule has 1 aliphatic heterocycles. The minimum Gasteiger partial charge on any atom is -0.376 e. The fraction of sp³-hybridized carbons (Fsp3) is 0.632. The maximum atomic E-state index is 13.4. The van der Waals surface area contributed by atoms with Gasteiger partial charge in [-0.05, 0) is 43.6 Å². The Bertz CT molecular complexity index is 915. The average molecular weight is 408 g/mol. The number of thioether (sulfide) groups is 1. The van der Waals surface area contributed by atoms with E-state index in [1.54, 1.807) is 23.0 Å². The number of nitrogens with one attached hydrogen (secondary N) is 1. The number of thiophene rings is 1. The van der Waals surface area contributed by atoms with E-state index in [0.717, 1.165) is 48.9 Å². The summed E-state index contributed by atoms with van der Waals surface area (Å²) >= 11 is 2.98. The van der Waals surface area contributed by atoms with Gasteiger partial charge in [-0.3, -0.25) is 14.2 Å². The van der Waals surface area contributed by atoms with Crippen LogP contribution in [0.25, 0.3) is 10.2 Å². The molecule has 27 heavy (non-hydrogen) atoms. The van der Waals surface area contributed by atoms with Gasteiger partial charge in [0, 0.05) is 18.5 Å². The van der Waals surface area contributed by atoms with Crippen LogP contribution in [0.5, 0.6) is 0 Å². The van der Waals surface area contributed by atoms with E-state index < -0.39 is 0 Å². The Kier molecular flexibility index (Phi) is 5.57. The Labute approximate surface area is 166 Å². The van der Waals surface area contributed by atoms with Crippen LogP contribution in [0.1, 0.15) is 36.6 Å². The molecule has 1 fully saturated rings. The van der Waals surface area contributed by atoms with Gasteiger partial charge in [-0.15, -0.1) is 11.3 Å². The van der Waals surface area contributed by atoms with Crippen LogP contribution in [0.2, 0.25) is 0 Å². The van der Waals surface area contributed by atoms with E-state index in [4.69, 9.17) is 9.72 Å². The van der Waals surface area contributed by atoms with Gasteiger partial charge in [0.25, 0.3) is 5.56 Å². The van der Waals surface area contributed by atoms with Crippen LogP contribution in [0.15, 0.2) is 9.95 Å². The summed E-state index contributed by atoms with van der Waals surface area (Å²) in [6, 6.07) is 0. The van der Waals surface area contributed by atoms with Crippen LogP contribution >= 0.6 is 23.1 Å². The number of nitrogens with zero attached hydrogens (tertiary/aromatic N) is 2. The van der Waals surface area contributed by atoms with Crippen molar-refractivity contribution in [1.29, 1.82) is 0 Å². The van der Waals surface area contributed by atoms with Crippen LogP contribution in [0.3, 0.4) is 0 Å². The van der Waals surface area contributed by atoms with Crippen LogP contribution < -0.4 is 10.9 Å². The molecule has 0 radical (unpaired) electrons. The molecule has 1 amide bonds. The van der Waals surface area contributed by atoms with E-state index in [-0.39, 0.29) is 23.3 Å². The summed E-state index contributed by atoms with van der Waals surface area (Å²) in [6.07, 6.45) is 5.15. The highest BCUT2D eigenvalue weighted by molar-refractivity contribution is 7.99. The second kappa shape index (κ2) is 7.93. The number of hydrogen-bond acceptors (Lipinski definition) is 6.